The van der Waals surface area contributed by atoms with Gasteiger partial charge in [0, 0.05) is 36.7 Å². The van der Waals surface area contributed by atoms with Crippen molar-refractivity contribution in [3.8, 4) is 5.69 Å². The number of aromatic nitrogens is 1. The van der Waals surface area contributed by atoms with Gasteiger partial charge in [0.25, 0.3) is 5.91 Å². The summed E-state index contributed by atoms with van der Waals surface area (Å²) < 4.78 is 27.5. The van der Waals surface area contributed by atoms with Gasteiger partial charge in [0.1, 0.15) is 0 Å². The molecule has 0 bridgehead atoms. The van der Waals surface area contributed by atoms with E-state index in [0.29, 0.717) is 23.4 Å². The molecule has 1 amide bonds. The van der Waals surface area contributed by atoms with Crippen LogP contribution in [0.1, 0.15) is 16.8 Å². The van der Waals surface area contributed by atoms with Gasteiger partial charge in [-0.2, -0.15) is 0 Å². The van der Waals surface area contributed by atoms with E-state index in [4.69, 9.17) is 0 Å². The van der Waals surface area contributed by atoms with Crippen LogP contribution in [0.2, 0.25) is 0 Å². The highest BCUT2D eigenvalue weighted by Gasteiger charge is 2.36. The first-order valence-electron chi connectivity index (χ1n) is 8.87. The molecule has 1 aliphatic heterocycles. The van der Waals surface area contributed by atoms with Gasteiger partial charge in [-0.3, -0.25) is 4.79 Å². The SMILES string of the molecule is O=C(c1ccc(-n2cccc2)cc1)N1CCC(S(=O)(=O)c2ccccc2)C1. The van der Waals surface area contributed by atoms with Crippen molar-refractivity contribution in [3.05, 3.63) is 84.7 Å². The van der Waals surface area contributed by atoms with Crippen molar-refractivity contribution in [1.29, 1.82) is 0 Å². The average molecular weight is 380 g/mol. The summed E-state index contributed by atoms with van der Waals surface area (Å²) in [7, 11) is -3.42. The predicted octanol–water partition coefficient (Wildman–Crippen LogP) is 3.17. The molecule has 0 saturated carbocycles. The predicted molar refractivity (Wildman–Crippen MR) is 104 cm³/mol. The van der Waals surface area contributed by atoms with E-state index in [0.717, 1.165) is 5.69 Å². The number of carbonyl (C=O) groups is 1. The number of amides is 1. The summed E-state index contributed by atoms with van der Waals surface area (Å²) in [5, 5.41) is -0.553. The highest BCUT2D eigenvalue weighted by Crippen LogP contribution is 2.25. The van der Waals surface area contributed by atoms with E-state index in [1.54, 1.807) is 47.4 Å². The molecule has 3 aromatic rings. The van der Waals surface area contributed by atoms with E-state index in [2.05, 4.69) is 0 Å². The molecule has 0 aliphatic carbocycles. The van der Waals surface area contributed by atoms with Crippen LogP contribution in [0, 0.1) is 0 Å². The van der Waals surface area contributed by atoms with Crippen molar-refractivity contribution in [2.24, 2.45) is 0 Å². The van der Waals surface area contributed by atoms with Crippen LogP contribution in [0.3, 0.4) is 0 Å². The highest BCUT2D eigenvalue weighted by molar-refractivity contribution is 7.92. The number of sulfone groups is 1. The third-order valence-electron chi connectivity index (χ3n) is 4.96. The van der Waals surface area contributed by atoms with Gasteiger partial charge in [-0.25, -0.2) is 8.42 Å². The highest BCUT2D eigenvalue weighted by atomic mass is 32.2. The smallest absolute Gasteiger partial charge is 0.253 e. The first-order chi connectivity index (χ1) is 13.1. The maximum atomic E-state index is 12.8. The van der Waals surface area contributed by atoms with E-state index in [9.17, 15) is 13.2 Å². The largest absolute Gasteiger partial charge is 0.337 e. The van der Waals surface area contributed by atoms with Crippen LogP contribution in [0.15, 0.2) is 84.0 Å². The Labute approximate surface area is 158 Å². The number of rotatable bonds is 4. The lowest BCUT2D eigenvalue weighted by Crippen LogP contribution is -2.31. The van der Waals surface area contributed by atoms with Gasteiger partial charge in [-0.1, -0.05) is 18.2 Å². The van der Waals surface area contributed by atoms with Gasteiger partial charge in [0.2, 0.25) is 0 Å². The van der Waals surface area contributed by atoms with Crippen LogP contribution in [0.25, 0.3) is 5.69 Å². The molecule has 1 aliphatic rings. The minimum Gasteiger partial charge on any atom is -0.337 e. The Kier molecular flexibility index (Phi) is 4.58. The van der Waals surface area contributed by atoms with E-state index < -0.39 is 15.1 Å². The zero-order valence-corrected chi connectivity index (χ0v) is 15.5. The maximum Gasteiger partial charge on any atom is 0.253 e. The standard InChI is InChI=1S/C21H20N2O3S/c24-21(17-8-10-18(11-9-17)22-13-4-5-14-22)23-15-12-20(16-23)27(25,26)19-6-2-1-3-7-19/h1-11,13-14,20H,12,15-16H2. The quantitative estimate of drug-likeness (QED) is 0.699. The lowest BCUT2D eigenvalue weighted by atomic mass is 10.2. The number of hydrogen-bond acceptors (Lipinski definition) is 3. The summed E-state index contributed by atoms with van der Waals surface area (Å²) in [6.45, 7) is 0.685. The van der Waals surface area contributed by atoms with E-state index in [1.165, 1.54) is 0 Å². The second kappa shape index (κ2) is 7.04. The summed E-state index contributed by atoms with van der Waals surface area (Å²) in [4.78, 5) is 14.7. The van der Waals surface area contributed by atoms with Crippen LogP contribution in [0.4, 0.5) is 0 Å². The average Bonchev–Trinajstić information content (AvgIpc) is 3.41. The molecule has 4 rings (SSSR count). The molecule has 1 aromatic heterocycles. The van der Waals surface area contributed by atoms with Crippen molar-refractivity contribution in [3.63, 3.8) is 0 Å². The molecule has 1 atom stereocenters. The summed E-state index contributed by atoms with van der Waals surface area (Å²) >= 11 is 0. The van der Waals surface area contributed by atoms with Crippen molar-refractivity contribution in [1.82, 2.24) is 9.47 Å². The van der Waals surface area contributed by atoms with Crippen LogP contribution >= 0.6 is 0 Å². The van der Waals surface area contributed by atoms with Crippen LogP contribution in [0.5, 0.6) is 0 Å². The van der Waals surface area contributed by atoms with Gasteiger partial charge in [0.05, 0.1) is 10.1 Å². The molecule has 1 saturated heterocycles. The third-order valence-corrected chi connectivity index (χ3v) is 7.15. The molecule has 27 heavy (non-hydrogen) atoms. The van der Waals surface area contributed by atoms with Gasteiger partial charge < -0.3 is 9.47 Å². The van der Waals surface area contributed by atoms with E-state index >= 15 is 0 Å². The Hall–Kier alpha value is -2.86. The van der Waals surface area contributed by atoms with Crippen LogP contribution in [-0.4, -0.2) is 42.1 Å². The van der Waals surface area contributed by atoms with E-state index in [-0.39, 0.29) is 12.5 Å². The minimum atomic E-state index is -3.42. The Balaban J connectivity index is 1.48. The Morgan fingerprint density at radius 3 is 2.22 bits per heavy atom. The molecule has 2 aromatic carbocycles. The lowest BCUT2D eigenvalue weighted by Gasteiger charge is -2.17. The fraction of sp³-hybridized carbons (Fsp3) is 0.190. The maximum absolute atomic E-state index is 12.8. The zero-order chi connectivity index (χ0) is 18.9. The molecular formula is C21H20N2O3S. The molecule has 5 nitrogen and oxygen atoms in total. The fourth-order valence-corrected chi connectivity index (χ4v) is 5.15. The molecule has 0 N–H and O–H groups in total. The van der Waals surface area contributed by atoms with Crippen molar-refractivity contribution in [2.45, 2.75) is 16.6 Å². The number of carbonyl (C=O) groups excluding carboxylic acids is 1. The zero-order valence-electron chi connectivity index (χ0n) is 14.7. The topological polar surface area (TPSA) is 59.4 Å². The number of likely N-dealkylation sites (tertiary alicyclic amines) is 1. The molecule has 0 spiro atoms. The third kappa shape index (κ3) is 3.40. The summed E-state index contributed by atoms with van der Waals surface area (Å²) in [6.07, 6.45) is 4.34. The van der Waals surface area contributed by atoms with Gasteiger partial charge in [-0.05, 0) is 55.0 Å². The van der Waals surface area contributed by atoms with Crippen molar-refractivity contribution < 1.29 is 13.2 Å². The molecular weight excluding hydrogens is 360 g/mol. The summed E-state index contributed by atoms with van der Waals surface area (Å²) in [5.41, 5.74) is 1.55. The number of benzene rings is 2. The molecule has 6 heteroatoms. The van der Waals surface area contributed by atoms with Gasteiger partial charge in [-0.15, -0.1) is 0 Å². The van der Waals surface area contributed by atoms with Crippen molar-refractivity contribution in [2.75, 3.05) is 13.1 Å². The number of hydrogen-bond donors (Lipinski definition) is 0. The Morgan fingerprint density at radius 1 is 0.889 bits per heavy atom. The monoisotopic (exact) mass is 380 g/mol. The van der Waals surface area contributed by atoms with Gasteiger partial charge >= 0.3 is 0 Å². The number of nitrogens with zero attached hydrogens (tertiary/aromatic N) is 2. The van der Waals surface area contributed by atoms with E-state index in [1.807, 2.05) is 41.2 Å². The second-order valence-corrected chi connectivity index (χ2v) is 8.89. The Bertz CT molecular complexity index is 1030. The molecule has 1 fully saturated rings. The fourth-order valence-electron chi connectivity index (χ4n) is 3.43. The normalized spacial score (nSPS) is 17.2. The first-order valence-corrected chi connectivity index (χ1v) is 10.4. The van der Waals surface area contributed by atoms with Crippen LogP contribution < -0.4 is 0 Å². The van der Waals surface area contributed by atoms with Crippen LogP contribution in [-0.2, 0) is 9.84 Å². The Morgan fingerprint density at radius 2 is 1.56 bits per heavy atom. The first kappa shape index (κ1) is 17.5. The minimum absolute atomic E-state index is 0.125. The molecule has 0 radical (unpaired) electrons. The van der Waals surface area contributed by atoms with Crippen molar-refractivity contribution >= 4 is 15.7 Å². The lowest BCUT2D eigenvalue weighted by molar-refractivity contribution is 0.0793. The summed E-state index contributed by atoms with van der Waals surface area (Å²) in [5.74, 6) is -0.125. The molecule has 1 unspecified atom stereocenters. The summed E-state index contributed by atoms with van der Waals surface area (Å²) in [6, 6.07) is 19.7. The molecule has 138 valence electrons. The molecule has 2 heterocycles. The second-order valence-electron chi connectivity index (χ2n) is 6.66. The van der Waals surface area contributed by atoms with Gasteiger partial charge in [0.15, 0.2) is 9.84 Å².